The van der Waals surface area contributed by atoms with E-state index in [1.54, 1.807) is 12.1 Å². The summed E-state index contributed by atoms with van der Waals surface area (Å²) in [5, 5.41) is 22.6. The Bertz CT molecular complexity index is 1190. The van der Waals surface area contributed by atoms with Crippen LogP contribution < -0.4 is 10.6 Å². The number of aliphatic hydroxyl groups is 1. The smallest absolute Gasteiger partial charge is 0.321 e. The van der Waals surface area contributed by atoms with E-state index in [1.165, 1.54) is 18.3 Å². The fourth-order valence-corrected chi connectivity index (χ4v) is 3.79. The molecule has 1 unspecified atom stereocenters. The minimum Gasteiger partial charge on any atom is -0.394 e. The largest absolute Gasteiger partial charge is 0.394 e. The average Bonchev–Trinajstić information content (AvgIpc) is 3.18. The zero-order chi connectivity index (χ0) is 22.9. The van der Waals surface area contributed by atoms with Crippen molar-refractivity contribution in [3.63, 3.8) is 0 Å². The number of rotatable bonds is 6. The summed E-state index contributed by atoms with van der Waals surface area (Å²) in [6.07, 6.45) is 6.32. The molecule has 1 saturated carbocycles. The van der Waals surface area contributed by atoms with Crippen molar-refractivity contribution in [3.8, 4) is 23.5 Å². The lowest BCUT2D eigenvalue weighted by Gasteiger charge is -2.16. The van der Waals surface area contributed by atoms with E-state index in [4.69, 9.17) is 6.42 Å². The molecule has 4 rings (SSSR count). The van der Waals surface area contributed by atoms with Crippen LogP contribution in [0.3, 0.4) is 0 Å². The summed E-state index contributed by atoms with van der Waals surface area (Å²) < 4.78 is 40.9. The second kappa shape index (κ2) is 8.57. The van der Waals surface area contributed by atoms with Gasteiger partial charge in [-0.05, 0) is 35.2 Å². The minimum atomic E-state index is -2.84. The SMILES string of the molecule is C#Cc1nnc(NC(=O)N[C@@H](CO)c2ccc(-c3ccc(F)cc3C3CC3(F)F)cn2)s1. The number of terminal acetylenes is 1. The van der Waals surface area contributed by atoms with Gasteiger partial charge in [0.05, 0.1) is 24.3 Å². The third-order valence-corrected chi connectivity index (χ3v) is 5.70. The number of carbonyl (C=O) groups excluding carboxylic acids is 1. The topological polar surface area (TPSA) is 100 Å². The Kier molecular flexibility index (Phi) is 5.82. The molecule has 7 nitrogen and oxygen atoms in total. The molecule has 2 atom stereocenters. The van der Waals surface area contributed by atoms with Gasteiger partial charge in [-0.15, -0.1) is 16.6 Å². The molecular weight excluding hydrogens is 443 g/mol. The summed E-state index contributed by atoms with van der Waals surface area (Å²) in [4.78, 5) is 16.4. The number of hydrogen-bond donors (Lipinski definition) is 3. The molecule has 1 fully saturated rings. The number of carbonyl (C=O) groups is 1. The molecule has 2 heterocycles. The van der Waals surface area contributed by atoms with Crippen LogP contribution >= 0.6 is 11.3 Å². The lowest BCUT2D eigenvalue weighted by Crippen LogP contribution is -2.34. The van der Waals surface area contributed by atoms with Crippen LogP contribution in [0.4, 0.5) is 23.1 Å². The normalized spacial score (nSPS) is 17.3. The first kappa shape index (κ1) is 21.7. The van der Waals surface area contributed by atoms with E-state index < -0.39 is 36.3 Å². The van der Waals surface area contributed by atoms with E-state index in [0.717, 1.165) is 17.4 Å². The quantitative estimate of drug-likeness (QED) is 0.488. The van der Waals surface area contributed by atoms with E-state index in [2.05, 4.69) is 31.7 Å². The number of halogens is 3. The van der Waals surface area contributed by atoms with Crippen molar-refractivity contribution in [1.82, 2.24) is 20.5 Å². The molecule has 1 aromatic carbocycles. The van der Waals surface area contributed by atoms with Crippen LogP contribution in [0.2, 0.25) is 0 Å². The Morgan fingerprint density at radius 1 is 1.34 bits per heavy atom. The lowest BCUT2D eigenvalue weighted by molar-refractivity contribution is 0.112. The molecule has 0 spiro atoms. The summed E-state index contributed by atoms with van der Waals surface area (Å²) in [6.45, 7) is -0.443. The van der Waals surface area contributed by atoms with Crippen LogP contribution in [0.5, 0.6) is 0 Å². The number of urea groups is 1. The van der Waals surface area contributed by atoms with Crippen LogP contribution in [-0.2, 0) is 0 Å². The Morgan fingerprint density at radius 2 is 2.12 bits per heavy atom. The Labute approximate surface area is 184 Å². The number of nitrogens with one attached hydrogen (secondary N) is 2. The highest BCUT2D eigenvalue weighted by Gasteiger charge is 2.58. The van der Waals surface area contributed by atoms with Gasteiger partial charge in [-0.3, -0.25) is 10.3 Å². The Morgan fingerprint density at radius 3 is 2.72 bits per heavy atom. The predicted molar refractivity (Wildman–Crippen MR) is 112 cm³/mol. The summed E-state index contributed by atoms with van der Waals surface area (Å²) in [5.41, 5.74) is 1.54. The number of aliphatic hydroxyl groups excluding tert-OH is 1. The van der Waals surface area contributed by atoms with Crippen molar-refractivity contribution in [3.05, 3.63) is 58.6 Å². The third-order valence-electron chi connectivity index (χ3n) is 4.93. The van der Waals surface area contributed by atoms with E-state index in [1.807, 2.05) is 0 Å². The van der Waals surface area contributed by atoms with Gasteiger partial charge < -0.3 is 10.4 Å². The fraction of sp³-hybridized carbons (Fsp3) is 0.238. The molecule has 2 aromatic heterocycles. The molecule has 0 saturated heterocycles. The number of pyridine rings is 1. The van der Waals surface area contributed by atoms with Crippen LogP contribution in [-0.4, -0.2) is 38.8 Å². The fourth-order valence-electron chi connectivity index (χ4n) is 3.24. The van der Waals surface area contributed by atoms with Crippen molar-refractivity contribution in [2.24, 2.45) is 0 Å². The van der Waals surface area contributed by atoms with Gasteiger partial charge in [-0.25, -0.2) is 18.0 Å². The maximum Gasteiger partial charge on any atom is 0.321 e. The first-order chi connectivity index (χ1) is 15.3. The number of hydrogen-bond acceptors (Lipinski definition) is 6. The summed E-state index contributed by atoms with van der Waals surface area (Å²) in [5.74, 6) is -2.16. The first-order valence-electron chi connectivity index (χ1n) is 9.43. The molecule has 3 N–H and O–H groups in total. The van der Waals surface area contributed by atoms with Crippen LogP contribution in [0, 0.1) is 18.2 Å². The molecule has 0 radical (unpaired) electrons. The van der Waals surface area contributed by atoms with Gasteiger partial charge in [-0.1, -0.05) is 23.5 Å². The van der Waals surface area contributed by atoms with Gasteiger partial charge in [0.1, 0.15) is 5.82 Å². The van der Waals surface area contributed by atoms with E-state index in [-0.39, 0.29) is 17.1 Å². The number of amides is 2. The number of aromatic nitrogens is 3. The zero-order valence-electron chi connectivity index (χ0n) is 16.3. The van der Waals surface area contributed by atoms with Crippen molar-refractivity contribution in [2.45, 2.75) is 24.3 Å². The third kappa shape index (κ3) is 4.56. The summed E-state index contributed by atoms with van der Waals surface area (Å²) >= 11 is 1.01. The Hall–Kier alpha value is -3.49. The second-order valence-electron chi connectivity index (χ2n) is 7.11. The molecule has 164 valence electrons. The van der Waals surface area contributed by atoms with E-state index in [0.29, 0.717) is 21.8 Å². The molecule has 3 aromatic rings. The van der Waals surface area contributed by atoms with Gasteiger partial charge in [0.15, 0.2) is 5.01 Å². The number of alkyl halides is 2. The van der Waals surface area contributed by atoms with E-state index >= 15 is 0 Å². The highest BCUT2D eigenvalue weighted by atomic mass is 32.1. The minimum absolute atomic E-state index is 0.191. The number of benzene rings is 1. The van der Waals surface area contributed by atoms with Gasteiger partial charge in [0, 0.05) is 18.2 Å². The zero-order valence-corrected chi connectivity index (χ0v) is 17.2. The molecule has 11 heteroatoms. The van der Waals surface area contributed by atoms with Crippen molar-refractivity contribution >= 4 is 22.5 Å². The van der Waals surface area contributed by atoms with Crippen LogP contribution in [0.1, 0.15) is 34.6 Å². The highest BCUT2D eigenvalue weighted by molar-refractivity contribution is 7.15. The monoisotopic (exact) mass is 459 g/mol. The molecule has 1 aliphatic rings. The molecule has 0 aliphatic heterocycles. The van der Waals surface area contributed by atoms with E-state index in [9.17, 15) is 23.1 Å². The van der Waals surface area contributed by atoms with Crippen molar-refractivity contribution < 1.29 is 23.1 Å². The number of nitrogens with zero attached hydrogens (tertiary/aromatic N) is 3. The van der Waals surface area contributed by atoms with Crippen LogP contribution in [0.15, 0.2) is 36.5 Å². The van der Waals surface area contributed by atoms with Crippen molar-refractivity contribution in [1.29, 1.82) is 0 Å². The van der Waals surface area contributed by atoms with Crippen LogP contribution in [0.25, 0.3) is 11.1 Å². The van der Waals surface area contributed by atoms with Gasteiger partial charge in [-0.2, -0.15) is 0 Å². The molecule has 1 aliphatic carbocycles. The first-order valence-corrected chi connectivity index (χ1v) is 10.2. The standard InChI is InChI=1S/C21H16F3N5O2S/c1-2-18-28-29-20(32-18)27-19(31)26-17(10-30)16-6-3-11(9-25-16)13-5-4-12(22)7-14(13)15-8-21(15,23)24/h1,3-7,9,15,17,30H,8,10H2,(H2,26,27,29,31)/t15?,17-/m0/s1. The van der Waals surface area contributed by atoms with Gasteiger partial charge >= 0.3 is 6.03 Å². The number of anilines is 1. The molecule has 2 amide bonds. The highest BCUT2D eigenvalue weighted by Crippen LogP contribution is 2.57. The van der Waals surface area contributed by atoms with Gasteiger partial charge in [0.2, 0.25) is 5.13 Å². The van der Waals surface area contributed by atoms with Gasteiger partial charge in [0.25, 0.3) is 5.92 Å². The average molecular weight is 459 g/mol. The summed E-state index contributed by atoms with van der Waals surface area (Å²) in [6, 6.07) is 5.45. The predicted octanol–water partition coefficient (Wildman–Crippen LogP) is 3.70. The lowest BCUT2D eigenvalue weighted by atomic mass is 9.97. The van der Waals surface area contributed by atoms with Crippen molar-refractivity contribution in [2.75, 3.05) is 11.9 Å². The summed E-state index contributed by atoms with van der Waals surface area (Å²) in [7, 11) is 0. The Balaban J connectivity index is 1.49. The molecule has 32 heavy (non-hydrogen) atoms. The molecular formula is C21H16F3N5O2S. The maximum absolute atomic E-state index is 13.7. The maximum atomic E-state index is 13.7. The second-order valence-corrected chi connectivity index (χ2v) is 8.09. The molecule has 0 bridgehead atoms.